The summed E-state index contributed by atoms with van der Waals surface area (Å²) in [5.74, 6) is 0. The third-order valence-electron chi connectivity index (χ3n) is 1.74. The van der Waals surface area contributed by atoms with Crippen LogP contribution in [0.2, 0.25) is 0 Å². The monoisotopic (exact) mass is 216 g/mol. The third-order valence-corrected chi connectivity index (χ3v) is 3.86. The summed E-state index contributed by atoms with van der Waals surface area (Å²) >= 11 is 0. The quantitative estimate of drug-likeness (QED) is 0.460. The molecule has 0 aromatic rings. The van der Waals surface area contributed by atoms with Crippen molar-refractivity contribution < 1.29 is 8.85 Å². The molecule has 4 heteroatoms. The SMILES string of the molecule is CC=NC(CCC)[Si](OCC)OCC. The van der Waals surface area contributed by atoms with Crippen molar-refractivity contribution in [2.75, 3.05) is 13.2 Å². The minimum absolute atomic E-state index is 0.245. The molecule has 83 valence electrons. The zero-order chi connectivity index (χ0) is 10.8. The summed E-state index contributed by atoms with van der Waals surface area (Å²) in [5, 5.41) is 0. The van der Waals surface area contributed by atoms with Crippen LogP contribution >= 0.6 is 0 Å². The molecule has 0 N–H and O–H groups in total. The van der Waals surface area contributed by atoms with Crippen LogP contribution < -0.4 is 0 Å². The zero-order valence-corrected chi connectivity index (χ0v) is 10.7. The smallest absolute Gasteiger partial charge is 0.392 e. The highest BCUT2D eigenvalue weighted by molar-refractivity contribution is 6.46. The van der Waals surface area contributed by atoms with Gasteiger partial charge in [0.1, 0.15) is 0 Å². The fraction of sp³-hybridized carbons (Fsp3) is 0.900. The molecular formula is C10H22NO2Si. The van der Waals surface area contributed by atoms with Crippen molar-refractivity contribution in [1.29, 1.82) is 0 Å². The second-order valence-corrected chi connectivity index (χ2v) is 4.78. The fourth-order valence-corrected chi connectivity index (χ4v) is 3.06. The molecule has 0 heterocycles. The molecule has 0 rings (SSSR count). The molecular weight excluding hydrogens is 194 g/mol. The minimum atomic E-state index is -1.21. The van der Waals surface area contributed by atoms with Crippen LogP contribution in [-0.2, 0) is 8.85 Å². The van der Waals surface area contributed by atoms with Gasteiger partial charge in [0.05, 0.1) is 5.67 Å². The van der Waals surface area contributed by atoms with E-state index in [4.69, 9.17) is 8.85 Å². The van der Waals surface area contributed by atoms with Gasteiger partial charge in [-0.2, -0.15) is 0 Å². The van der Waals surface area contributed by atoms with Gasteiger partial charge in [-0.25, -0.2) is 0 Å². The van der Waals surface area contributed by atoms with E-state index in [9.17, 15) is 0 Å². The van der Waals surface area contributed by atoms with Crippen molar-refractivity contribution in [2.45, 2.75) is 46.2 Å². The van der Waals surface area contributed by atoms with Gasteiger partial charge in [-0.1, -0.05) is 13.3 Å². The molecule has 1 unspecified atom stereocenters. The van der Waals surface area contributed by atoms with Crippen LogP contribution in [0.15, 0.2) is 4.99 Å². The first kappa shape index (κ1) is 13.8. The van der Waals surface area contributed by atoms with E-state index in [1.54, 1.807) is 0 Å². The lowest BCUT2D eigenvalue weighted by atomic mass is 10.3. The van der Waals surface area contributed by atoms with Crippen LogP contribution in [0.25, 0.3) is 0 Å². The maximum Gasteiger partial charge on any atom is 0.411 e. The molecule has 3 nitrogen and oxygen atoms in total. The van der Waals surface area contributed by atoms with Crippen molar-refractivity contribution in [3.63, 3.8) is 0 Å². The minimum Gasteiger partial charge on any atom is -0.392 e. The van der Waals surface area contributed by atoms with Crippen LogP contribution in [-0.4, -0.2) is 34.4 Å². The van der Waals surface area contributed by atoms with E-state index in [1.807, 2.05) is 27.0 Å². The molecule has 0 aliphatic carbocycles. The Morgan fingerprint density at radius 1 is 1.21 bits per heavy atom. The molecule has 0 aliphatic heterocycles. The van der Waals surface area contributed by atoms with E-state index in [0.717, 1.165) is 12.8 Å². The zero-order valence-electron chi connectivity index (χ0n) is 9.75. The van der Waals surface area contributed by atoms with Crippen molar-refractivity contribution in [1.82, 2.24) is 0 Å². The van der Waals surface area contributed by atoms with Gasteiger partial charge in [-0.05, 0) is 33.4 Å². The van der Waals surface area contributed by atoms with Crippen LogP contribution in [0.4, 0.5) is 0 Å². The van der Waals surface area contributed by atoms with Gasteiger partial charge in [-0.15, -0.1) is 0 Å². The van der Waals surface area contributed by atoms with Crippen LogP contribution in [0.5, 0.6) is 0 Å². The predicted molar refractivity (Wildman–Crippen MR) is 61.9 cm³/mol. The Hall–Kier alpha value is -0.193. The Bertz CT molecular complexity index is 147. The predicted octanol–water partition coefficient (Wildman–Crippen LogP) is 2.35. The summed E-state index contributed by atoms with van der Waals surface area (Å²) in [7, 11) is -1.21. The van der Waals surface area contributed by atoms with Gasteiger partial charge in [0.15, 0.2) is 0 Å². The Morgan fingerprint density at radius 3 is 2.14 bits per heavy atom. The molecule has 0 saturated carbocycles. The molecule has 0 aromatic carbocycles. The summed E-state index contributed by atoms with van der Waals surface area (Å²) in [5.41, 5.74) is 0.245. The highest BCUT2D eigenvalue weighted by atomic mass is 28.3. The Labute approximate surface area is 89.4 Å². The number of nitrogens with zero attached hydrogens (tertiary/aromatic N) is 1. The molecule has 1 radical (unpaired) electrons. The Morgan fingerprint density at radius 2 is 1.79 bits per heavy atom. The standard InChI is InChI=1S/C10H22NO2Si/c1-5-9-10(11-6-2)14(12-7-3)13-8-4/h6,10H,5,7-9H2,1-4H3. The van der Waals surface area contributed by atoms with Crippen LogP contribution in [0.1, 0.15) is 40.5 Å². The third kappa shape index (κ3) is 5.52. The highest BCUT2D eigenvalue weighted by Crippen LogP contribution is 2.08. The molecule has 1 atom stereocenters. The number of hydrogen-bond donors (Lipinski definition) is 0. The van der Waals surface area contributed by atoms with Crippen LogP contribution in [0, 0.1) is 0 Å². The molecule has 0 amide bonds. The topological polar surface area (TPSA) is 30.8 Å². The average Bonchev–Trinajstić information content (AvgIpc) is 2.17. The van der Waals surface area contributed by atoms with E-state index in [0.29, 0.717) is 13.2 Å². The lowest BCUT2D eigenvalue weighted by Gasteiger charge is -2.19. The number of aliphatic imine (C=N–C) groups is 1. The summed E-state index contributed by atoms with van der Waals surface area (Å²) in [6.45, 7) is 9.54. The van der Waals surface area contributed by atoms with Crippen molar-refractivity contribution in [2.24, 2.45) is 4.99 Å². The normalized spacial score (nSPS) is 14.1. The van der Waals surface area contributed by atoms with Crippen molar-refractivity contribution in [3.05, 3.63) is 0 Å². The molecule has 0 fully saturated rings. The summed E-state index contributed by atoms with van der Waals surface area (Å²) < 4.78 is 11.2. The van der Waals surface area contributed by atoms with Gasteiger partial charge in [-0.3, -0.25) is 4.99 Å². The van der Waals surface area contributed by atoms with Gasteiger partial charge >= 0.3 is 9.28 Å². The molecule has 14 heavy (non-hydrogen) atoms. The van der Waals surface area contributed by atoms with Gasteiger partial charge in [0, 0.05) is 13.2 Å². The molecule has 0 spiro atoms. The maximum absolute atomic E-state index is 5.62. The van der Waals surface area contributed by atoms with Crippen LogP contribution in [0.3, 0.4) is 0 Å². The molecule has 0 aromatic heterocycles. The number of rotatable bonds is 8. The second-order valence-electron chi connectivity index (χ2n) is 2.90. The molecule has 0 bridgehead atoms. The molecule has 0 saturated heterocycles. The fourth-order valence-electron chi connectivity index (χ4n) is 1.23. The van der Waals surface area contributed by atoms with Gasteiger partial charge < -0.3 is 8.85 Å². The Kier molecular flexibility index (Phi) is 9.24. The first-order valence-electron chi connectivity index (χ1n) is 5.40. The number of hydrogen-bond acceptors (Lipinski definition) is 3. The first-order valence-corrected chi connectivity index (χ1v) is 6.79. The summed E-state index contributed by atoms with van der Waals surface area (Å²) in [4.78, 5) is 4.42. The average molecular weight is 216 g/mol. The van der Waals surface area contributed by atoms with Gasteiger partial charge in [0.2, 0.25) is 0 Å². The largest absolute Gasteiger partial charge is 0.411 e. The first-order chi connectivity index (χ1) is 6.79. The van der Waals surface area contributed by atoms with E-state index >= 15 is 0 Å². The van der Waals surface area contributed by atoms with E-state index < -0.39 is 9.28 Å². The van der Waals surface area contributed by atoms with E-state index in [-0.39, 0.29) is 5.67 Å². The second kappa shape index (κ2) is 9.37. The van der Waals surface area contributed by atoms with E-state index in [2.05, 4.69) is 11.9 Å². The lowest BCUT2D eigenvalue weighted by Crippen LogP contribution is -2.36. The maximum atomic E-state index is 5.62. The van der Waals surface area contributed by atoms with Gasteiger partial charge in [0.25, 0.3) is 0 Å². The van der Waals surface area contributed by atoms with E-state index in [1.165, 1.54) is 0 Å². The summed E-state index contributed by atoms with van der Waals surface area (Å²) in [6.07, 6.45) is 4.03. The Balaban J connectivity index is 4.20. The lowest BCUT2D eigenvalue weighted by molar-refractivity contribution is 0.203. The summed E-state index contributed by atoms with van der Waals surface area (Å²) in [6, 6.07) is 0. The highest BCUT2D eigenvalue weighted by Gasteiger charge is 2.26. The van der Waals surface area contributed by atoms with Crippen molar-refractivity contribution in [3.8, 4) is 0 Å². The molecule has 0 aliphatic rings. The van der Waals surface area contributed by atoms with Crippen molar-refractivity contribution >= 4 is 15.5 Å².